The molecule has 33 heavy (non-hydrogen) atoms. The number of ketones is 1. The van der Waals surface area contributed by atoms with Crippen molar-refractivity contribution in [2.75, 3.05) is 48.1 Å². The lowest BCUT2D eigenvalue weighted by molar-refractivity contribution is -0.324. The monoisotopic (exact) mass is 465 g/mol. The number of Topliss-reactive ketones (excluding diaryl/α,β-unsaturated/α-hetero) is 1. The molecular formula is C25H39NO7. The van der Waals surface area contributed by atoms with Gasteiger partial charge in [0.1, 0.15) is 6.10 Å². The van der Waals surface area contributed by atoms with E-state index in [4.69, 9.17) is 18.9 Å². The Hall–Kier alpha value is -0.610. The van der Waals surface area contributed by atoms with Crippen LogP contribution in [0.15, 0.2) is 0 Å². The first-order valence-corrected chi connectivity index (χ1v) is 12.6. The third kappa shape index (κ3) is 2.27. The van der Waals surface area contributed by atoms with Gasteiger partial charge in [0, 0.05) is 88.4 Å². The molecule has 0 radical (unpaired) electrons. The SMILES string of the molecule is CCN1C[C@]2(COC)C(O)C[C@H](OC)[C@@]34[C@@H]5C[C@@H]6C(=O)[C@@H](OC)C[C@@](O)([C@@H]65)[C@@H]([C@H](OC)[C@H]23)[C@@H]14. The summed E-state index contributed by atoms with van der Waals surface area (Å²) in [6.45, 7) is 4.12. The summed E-state index contributed by atoms with van der Waals surface area (Å²) < 4.78 is 23.9. The van der Waals surface area contributed by atoms with Gasteiger partial charge in [-0.1, -0.05) is 6.92 Å². The molecule has 0 aromatic heterocycles. The summed E-state index contributed by atoms with van der Waals surface area (Å²) in [5, 5.41) is 24.2. The predicted octanol–water partition coefficient (Wildman–Crippen LogP) is 0.335. The molecule has 1 aliphatic heterocycles. The molecule has 13 atom stereocenters. The summed E-state index contributed by atoms with van der Waals surface area (Å²) in [4.78, 5) is 15.7. The fourth-order valence-electron chi connectivity index (χ4n) is 10.6. The van der Waals surface area contributed by atoms with E-state index in [0.717, 1.165) is 13.0 Å². The van der Waals surface area contributed by atoms with E-state index >= 15 is 0 Å². The zero-order valence-corrected chi connectivity index (χ0v) is 20.4. The second-order valence-electron chi connectivity index (χ2n) is 11.7. The van der Waals surface area contributed by atoms with E-state index in [9.17, 15) is 15.0 Å². The molecule has 1 spiro atoms. The Labute approximate surface area is 195 Å². The van der Waals surface area contributed by atoms with Gasteiger partial charge in [-0.15, -0.1) is 0 Å². The number of fused-ring (bicyclic) bond motifs is 1. The first kappa shape index (κ1) is 22.8. The summed E-state index contributed by atoms with van der Waals surface area (Å²) >= 11 is 0. The van der Waals surface area contributed by atoms with Gasteiger partial charge in [0.05, 0.1) is 30.5 Å². The topological polar surface area (TPSA) is 97.7 Å². The molecule has 8 nitrogen and oxygen atoms in total. The van der Waals surface area contributed by atoms with Crippen molar-refractivity contribution in [3.63, 3.8) is 0 Å². The van der Waals surface area contributed by atoms with Crippen LogP contribution in [0.5, 0.6) is 0 Å². The Kier molecular flexibility index (Phi) is 4.99. The van der Waals surface area contributed by atoms with Gasteiger partial charge < -0.3 is 29.2 Å². The average Bonchev–Trinajstić information content (AvgIpc) is 2.97. The van der Waals surface area contributed by atoms with Crippen LogP contribution < -0.4 is 0 Å². The number of aliphatic hydroxyl groups excluding tert-OH is 1. The van der Waals surface area contributed by atoms with Gasteiger partial charge in [0.15, 0.2) is 5.78 Å². The minimum atomic E-state index is -1.05. The minimum Gasteiger partial charge on any atom is -0.392 e. The van der Waals surface area contributed by atoms with Gasteiger partial charge in [-0.25, -0.2) is 0 Å². The number of methoxy groups -OCH3 is 4. The number of nitrogens with zero attached hydrogens (tertiary/aromatic N) is 1. The molecule has 186 valence electrons. The summed E-state index contributed by atoms with van der Waals surface area (Å²) in [6.07, 6.45) is 0.0408. The van der Waals surface area contributed by atoms with E-state index in [1.165, 1.54) is 0 Å². The van der Waals surface area contributed by atoms with Crippen LogP contribution in [0.4, 0.5) is 0 Å². The standard InChI is InChI=1S/C25H39NO7/c1-6-26-10-23(11-30-2)15(27)8-16(32-4)25-13-7-12-17(13)24(29,9-14(31-3)19(12)28)18(22(25)26)20(33-5)21(23)25/h12-18,20-22,27,29H,6-11H2,1-5H3/t12-,13+,14-,15?,16-,17-,18-,20-,21+,22+,23-,24+,25-/m0/s1. The Morgan fingerprint density at radius 2 is 1.85 bits per heavy atom. The molecule has 5 saturated carbocycles. The van der Waals surface area contributed by atoms with Crippen LogP contribution in [-0.4, -0.2) is 105 Å². The number of hydrogen-bond donors (Lipinski definition) is 2. The lowest BCUT2D eigenvalue weighted by Crippen LogP contribution is -2.82. The highest BCUT2D eigenvalue weighted by Gasteiger charge is 2.88. The number of hydrogen-bond acceptors (Lipinski definition) is 8. The zero-order chi connectivity index (χ0) is 23.5. The summed E-state index contributed by atoms with van der Waals surface area (Å²) in [7, 11) is 6.77. The van der Waals surface area contributed by atoms with E-state index < -0.39 is 23.2 Å². The van der Waals surface area contributed by atoms with Crippen molar-refractivity contribution < 1.29 is 34.0 Å². The molecule has 5 bridgehead atoms. The molecule has 0 amide bonds. The normalized spacial score (nSPS) is 58.7. The van der Waals surface area contributed by atoms with Gasteiger partial charge in [0.2, 0.25) is 0 Å². The van der Waals surface area contributed by atoms with Crippen molar-refractivity contribution >= 4 is 5.78 Å². The van der Waals surface area contributed by atoms with Gasteiger partial charge in [-0.3, -0.25) is 9.69 Å². The number of rotatable bonds is 6. The third-order valence-corrected chi connectivity index (χ3v) is 11.3. The number of carbonyl (C=O) groups excluding carboxylic acids is 1. The maximum absolute atomic E-state index is 13.2. The first-order chi connectivity index (χ1) is 15.8. The number of likely N-dealkylation sites (tertiary alicyclic amines) is 1. The Bertz CT molecular complexity index is 840. The highest BCUT2D eigenvalue weighted by molar-refractivity contribution is 5.88. The van der Waals surface area contributed by atoms with E-state index in [2.05, 4.69) is 11.8 Å². The third-order valence-electron chi connectivity index (χ3n) is 11.3. The number of carbonyl (C=O) groups is 1. The molecule has 0 aromatic rings. The van der Waals surface area contributed by atoms with Crippen LogP contribution in [0.1, 0.15) is 26.2 Å². The molecule has 2 N–H and O–H groups in total. The highest BCUT2D eigenvalue weighted by atomic mass is 16.5. The minimum absolute atomic E-state index is 0.0156. The van der Waals surface area contributed by atoms with Crippen molar-refractivity contribution in [1.29, 1.82) is 0 Å². The average molecular weight is 466 g/mol. The molecule has 0 aromatic carbocycles. The Morgan fingerprint density at radius 1 is 1.09 bits per heavy atom. The first-order valence-electron chi connectivity index (χ1n) is 12.6. The fraction of sp³-hybridized carbons (Fsp3) is 0.960. The molecule has 1 heterocycles. The zero-order valence-electron chi connectivity index (χ0n) is 20.4. The second kappa shape index (κ2) is 7.21. The van der Waals surface area contributed by atoms with Crippen LogP contribution in [0.25, 0.3) is 0 Å². The lowest BCUT2D eigenvalue weighted by Gasteiger charge is -2.75. The molecule has 6 rings (SSSR count). The van der Waals surface area contributed by atoms with Gasteiger partial charge >= 0.3 is 0 Å². The van der Waals surface area contributed by atoms with Crippen molar-refractivity contribution in [3.8, 4) is 0 Å². The van der Waals surface area contributed by atoms with Gasteiger partial charge in [-0.05, 0) is 18.9 Å². The molecule has 6 aliphatic rings. The largest absolute Gasteiger partial charge is 0.392 e. The Morgan fingerprint density at radius 3 is 2.45 bits per heavy atom. The van der Waals surface area contributed by atoms with E-state index in [-0.39, 0.29) is 59.0 Å². The van der Waals surface area contributed by atoms with Crippen molar-refractivity contribution in [2.45, 2.75) is 62.2 Å². The molecule has 6 fully saturated rings. The molecule has 1 unspecified atom stereocenters. The van der Waals surface area contributed by atoms with Crippen molar-refractivity contribution in [3.05, 3.63) is 0 Å². The molecule has 8 heteroatoms. The van der Waals surface area contributed by atoms with E-state index in [1.54, 1.807) is 28.4 Å². The highest BCUT2D eigenvalue weighted by Crippen LogP contribution is 2.80. The maximum Gasteiger partial charge on any atom is 0.165 e. The van der Waals surface area contributed by atoms with Crippen molar-refractivity contribution in [2.24, 2.45) is 40.4 Å². The second-order valence-corrected chi connectivity index (χ2v) is 11.7. The predicted molar refractivity (Wildman–Crippen MR) is 117 cm³/mol. The summed E-state index contributed by atoms with van der Waals surface area (Å²) in [6, 6.07) is 0.0674. The van der Waals surface area contributed by atoms with Crippen LogP contribution in [0.2, 0.25) is 0 Å². The molecular weight excluding hydrogens is 426 g/mol. The quantitative estimate of drug-likeness (QED) is 0.580. The fourth-order valence-corrected chi connectivity index (χ4v) is 10.6. The molecule has 5 aliphatic carbocycles. The number of aliphatic hydroxyl groups is 2. The molecule has 1 saturated heterocycles. The van der Waals surface area contributed by atoms with Gasteiger partial charge in [-0.2, -0.15) is 0 Å². The summed E-state index contributed by atoms with van der Waals surface area (Å²) in [5.74, 6) is -0.192. The maximum atomic E-state index is 13.2. The van der Waals surface area contributed by atoms with Crippen LogP contribution in [0, 0.1) is 40.4 Å². The van der Waals surface area contributed by atoms with Gasteiger partial charge in [0.25, 0.3) is 0 Å². The van der Waals surface area contributed by atoms with Crippen LogP contribution >= 0.6 is 0 Å². The smallest absolute Gasteiger partial charge is 0.165 e. The Balaban J connectivity index is 1.61. The van der Waals surface area contributed by atoms with Crippen LogP contribution in [-0.2, 0) is 23.7 Å². The van der Waals surface area contributed by atoms with Crippen LogP contribution in [0.3, 0.4) is 0 Å². The van der Waals surface area contributed by atoms with E-state index in [0.29, 0.717) is 26.0 Å². The van der Waals surface area contributed by atoms with Crippen molar-refractivity contribution in [1.82, 2.24) is 4.90 Å². The summed E-state index contributed by atoms with van der Waals surface area (Å²) in [5.41, 5.74) is -1.85. The van der Waals surface area contributed by atoms with E-state index in [1.807, 2.05) is 0 Å². The number of ether oxygens (including phenoxy) is 4. The lowest BCUT2D eigenvalue weighted by atomic mass is 9.34. The number of piperidine rings is 1.